The summed E-state index contributed by atoms with van der Waals surface area (Å²) in [5, 5.41) is 0. The zero-order chi connectivity index (χ0) is 14.0. The van der Waals surface area contributed by atoms with Crippen molar-refractivity contribution in [3.8, 4) is 0 Å². The van der Waals surface area contributed by atoms with E-state index in [-0.39, 0.29) is 11.8 Å². The number of benzene rings is 1. The second kappa shape index (κ2) is 5.41. The molecule has 1 saturated carbocycles. The van der Waals surface area contributed by atoms with E-state index in [0.717, 1.165) is 25.0 Å². The van der Waals surface area contributed by atoms with E-state index in [1.165, 1.54) is 17.0 Å². The molecule has 2 rings (SSSR count). The van der Waals surface area contributed by atoms with E-state index in [0.29, 0.717) is 18.2 Å². The molecule has 1 aromatic rings. The van der Waals surface area contributed by atoms with Crippen molar-refractivity contribution in [2.45, 2.75) is 19.0 Å². The summed E-state index contributed by atoms with van der Waals surface area (Å²) in [5.41, 5.74) is -0.258. The Hall–Kier alpha value is -1.23. The number of carbonyl (C=O) groups excluding carboxylic acids is 1. The molecule has 0 N–H and O–H groups in total. The molecule has 1 aromatic carbocycles. The summed E-state index contributed by atoms with van der Waals surface area (Å²) in [5.74, 6) is -0.0175. The molecule has 1 aliphatic carbocycles. The van der Waals surface area contributed by atoms with E-state index in [1.807, 2.05) is 0 Å². The van der Waals surface area contributed by atoms with Crippen LogP contribution in [0.2, 0.25) is 0 Å². The van der Waals surface area contributed by atoms with Gasteiger partial charge in [-0.15, -0.1) is 11.6 Å². The first-order valence-electron chi connectivity index (χ1n) is 5.95. The van der Waals surface area contributed by atoms with Crippen molar-refractivity contribution in [2.75, 3.05) is 17.3 Å². The second-order valence-electron chi connectivity index (χ2n) is 4.63. The van der Waals surface area contributed by atoms with Gasteiger partial charge in [-0.3, -0.25) is 4.79 Å². The van der Waals surface area contributed by atoms with Crippen LogP contribution in [0, 0.1) is 5.92 Å². The van der Waals surface area contributed by atoms with Gasteiger partial charge in [0.15, 0.2) is 0 Å². The van der Waals surface area contributed by atoms with E-state index in [1.54, 1.807) is 0 Å². The molecular formula is C13H13ClF3NO. The molecule has 0 saturated heterocycles. The number of anilines is 1. The highest BCUT2D eigenvalue weighted by atomic mass is 35.5. The molecule has 0 bridgehead atoms. The Morgan fingerprint density at radius 2 is 1.84 bits per heavy atom. The highest BCUT2D eigenvalue weighted by Gasteiger charge is 2.31. The Morgan fingerprint density at radius 3 is 2.26 bits per heavy atom. The molecule has 0 heterocycles. The summed E-state index contributed by atoms with van der Waals surface area (Å²) in [6, 6.07) is 4.60. The summed E-state index contributed by atoms with van der Waals surface area (Å²) >= 11 is 5.53. The van der Waals surface area contributed by atoms with Gasteiger partial charge in [-0.1, -0.05) is 0 Å². The van der Waals surface area contributed by atoms with Crippen LogP contribution in [0.5, 0.6) is 0 Å². The third-order valence-corrected chi connectivity index (χ3v) is 3.29. The molecule has 1 fully saturated rings. The van der Waals surface area contributed by atoms with Gasteiger partial charge in [0, 0.05) is 12.2 Å². The van der Waals surface area contributed by atoms with Crippen molar-refractivity contribution < 1.29 is 18.0 Å². The monoisotopic (exact) mass is 291 g/mol. The quantitative estimate of drug-likeness (QED) is 0.775. The molecule has 1 amide bonds. The van der Waals surface area contributed by atoms with Crippen LogP contribution in [0.1, 0.15) is 18.4 Å². The molecule has 19 heavy (non-hydrogen) atoms. The van der Waals surface area contributed by atoms with Crippen molar-refractivity contribution in [2.24, 2.45) is 5.92 Å². The third kappa shape index (κ3) is 3.62. The van der Waals surface area contributed by atoms with Crippen molar-refractivity contribution in [3.05, 3.63) is 29.8 Å². The number of nitrogens with zero attached hydrogens (tertiary/aromatic N) is 1. The number of hydrogen-bond donors (Lipinski definition) is 0. The molecule has 0 aromatic heterocycles. The highest BCUT2D eigenvalue weighted by molar-refractivity contribution is 6.29. The van der Waals surface area contributed by atoms with E-state index in [4.69, 9.17) is 11.6 Å². The van der Waals surface area contributed by atoms with Gasteiger partial charge in [-0.05, 0) is 43.0 Å². The smallest absolute Gasteiger partial charge is 0.311 e. The fourth-order valence-corrected chi connectivity index (χ4v) is 1.96. The molecule has 104 valence electrons. The summed E-state index contributed by atoms with van der Waals surface area (Å²) in [7, 11) is 0. The molecule has 1 aliphatic rings. The van der Waals surface area contributed by atoms with Gasteiger partial charge in [0.05, 0.1) is 5.56 Å². The molecule has 0 spiro atoms. The molecule has 2 nitrogen and oxygen atoms in total. The van der Waals surface area contributed by atoms with E-state index in [2.05, 4.69) is 0 Å². The Morgan fingerprint density at radius 1 is 1.26 bits per heavy atom. The maximum absolute atomic E-state index is 12.5. The number of halogens is 4. The molecule has 0 radical (unpaired) electrons. The fraction of sp³-hybridized carbons (Fsp3) is 0.462. The lowest BCUT2D eigenvalue weighted by Gasteiger charge is -2.22. The van der Waals surface area contributed by atoms with Crippen molar-refractivity contribution in [3.63, 3.8) is 0 Å². The van der Waals surface area contributed by atoms with Crippen LogP contribution in [0.3, 0.4) is 0 Å². The van der Waals surface area contributed by atoms with Crippen LogP contribution in [0.4, 0.5) is 18.9 Å². The van der Waals surface area contributed by atoms with Gasteiger partial charge >= 0.3 is 6.18 Å². The van der Waals surface area contributed by atoms with Crippen LogP contribution in [-0.2, 0) is 11.0 Å². The average Bonchev–Trinajstić information content (AvgIpc) is 3.18. The topological polar surface area (TPSA) is 20.3 Å². The van der Waals surface area contributed by atoms with Crippen LogP contribution < -0.4 is 4.90 Å². The number of alkyl halides is 4. The summed E-state index contributed by atoms with van der Waals surface area (Å²) in [4.78, 5) is 13.2. The number of carbonyl (C=O) groups is 1. The Balaban J connectivity index is 2.18. The maximum Gasteiger partial charge on any atom is 0.416 e. The SMILES string of the molecule is O=C(CCl)N(CC1CC1)c1ccc(C(F)(F)F)cc1. The molecule has 0 aliphatic heterocycles. The van der Waals surface area contributed by atoms with Crippen LogP contribution in [0.15, 0.2) is 24.3 Å². The molecule has 0 atom stereocenters. The lowest BCUT2D eigenvalue weighted by atomic mass is 10.2. The zero-order valence-corrected chi connectivity index (χ0v) is 10.8. The molecule has 0 unspecified atom stereocenters. The van der Waals surface area contributed by atoms with Crippen LogP contribution in [-0.4, -0.2) is 18.3 Å². The first kappa shape index (κ1) is 14.2. The van der Waals surface area contributed by atoms with Crippen LogP contribution >= 0.6 is 11.6 Å². The van der Waals surface area contributed by atoms with E-state index >= 15 is 0 Å². The predicted octanol–water partition coefficient (Wildman–Crippen LogP) is 3.69. The minimum atomic E-state index is -4.36. The fourth-order valence-electron chi connectivity index (χ4n) is 1.81. The predicted molar refractivity (Wildman–Crippen MR) is 67.2 cm³/mol. The van der Waals surface area contributed by atoms with Gasteiger partial charge in [0.2, 0.25) is 5.91 Å². The van der Waals surface area contributed by atoms with Crippen molar-refractivity contribution in [1.29, 1.82) is 0 Å². The van der Waals surface area contributed by atoms with Gasteiger partial charge < -0.3 is 4.90 Å². The minimum absolute atomic E-state index is 0.173. The normalized spacial score (nSPS) is 15.4. The third-order valence-electron chi connectivity index (χ3n) is 3.06. The minimum Gasteiger partial charge on any atom is -0.311 e. The average molecular weight is 292 g/mol. The van der Waals surface area contributed by atoms with Crippen molar-refractivity contribution >= 4 is 23.2 Å². The van der Waals surface area contributed by atoms with E-state index < -0.39 is 11.7 Å². The number of rotatable bonds is 4. The zero-order valence-electron chi connectivity index (χ0n) is 10.1. The van der Waals surface area contributed by atoms with Crippen LogP contribution in [0.25, 0.3) is 0 Å². The summed E-state index contributed by atoms with van der Waals surface area (Å²) in [6.07, 6.45) is -2.27. The number of amides is 1. The summed E-state index contributed by atoms with van der Waals surface area (Å²) in [6.45, 7) is 0.525. The van der Waals surface area contributed by atoms with Gasteiger partial charge in [0.1, 0.15) is 5.88 Å². The Bertz CT molecular complexity index is 454. The first-order valence-corrected chi connectivity index (χ1v) is 6.49. The first-order chi connectivity index (χ1) is 8.91. The number of hydrogen-bond acceptors (Lipinski definition) is 1. The molecule has 6 heteroatoms. The highest BCUT2D eigenvalue weighted by Crippen LogP contribution is 2.33. The maximum atomic E-state index is 12.5. The Labute approximate surface area is 114 Å². The molecular weight excluding hydrogens is 279 g/mol. The lowest BCUT2D eigenvalue weighted by Crippen LogP contribution is -2.33. The summed E-state index contributed by atoms with van der Waals surface area (Å²) < 4.78 is 37.4. The Kier molecular flexibility index (Phi) is 4.04. The van der Waals surface area contributed by atoms with Gasteiger partial charge in [-0.25, -0.2) is 0 Å². The standard InChI is InChI=1S/C13H13ClF3NO/c14-7-12(19)18(8-9-1-2-9)11-5-3-10(4-6-11)13(15,16)17/h3-6,9H,1-2,7-8H2. The lowest BCUT2D eigenvalue weighted by molar-refractivity contribution is -0.137. The second-order valence-corrected chi connectivity index (χ2v) is 4.89. The largest absolute Gasteiger partial charge is 0.416 e. The van der Waals surface area contributed by atoms with Gasteiger partial charge in [0.25, 0.3) is 0 Å². The van der Waals surface area contributed by atoms with Gasteiger partial charge in [-0.2, -0.15) is 13.2 Å². The van der Waals surface area contributed by atoms with Crippen molar-refractivity contribution in [1.82, 2.24) is 0 Å². The van der Waals surface area contributed by atoms with E-state index in [9.17, 15) is 18.0 Å².